The Morgan fingerprint density at radius 2 is 1.50 bits per heavy atom. The second-order valence-electron chi connectivity index (χ2n) is 6.13. The van der Waals surface area contributed by atoms with Crippen molar-refractivity contribution >= 4 is 27.7 Å². The predicted octanol–water partition coefficient (Wildman–Crippen LogP) is 4.02. The summed E-state index contributed by atoms with van der Waals surface area (Å²) in [5, 5.41) is 9.65. The van der Waals surface area contributed by atoms with Gasteiger partial charge in [0.2, 0.25) is 0 Å². The molecule has 0 aromatic heterocycles. The molecule has 3 aromatic carbocycles. The molecule has 0 bridgehead atoms. The van der Waals surface area contributed by atoms with Gasteiger partial charge < -0.3 is 4.74 Å². The lowest BCUT2D eigenvalue weighted by atomic mass is 10.1. The zero-order chi connectivity index (χ0) is 21.6. The van der Waals surface area contributed by atoms with E-state index in [2.05, 4.69) is 0 Å². The number of anilines is 1. The molecule has 3 aromatic rings. The van der Waals surface area contributed by atoms with Crippen LogP contribution in [0.15, 0.2) is 95.4 Å². The highest BCUT2D eigenvalue weighted by atomic mass is 32.2. The lowest BCUT2D eigenvalue weighted by molar-refractivity contribution is -0.113. The molecule has 1 amide bonds. The molecular formula is C23H18N2O4S. The Balaban J connectivity index is 2.15. The molecular weight excluding hydrogens is 400 g/mol. The fourth-order valence-electron chi connectivity index (χ4n) is 2.82. The number of para-hydroxylation sites is 2. The molecule has 0 spiro atoms. The number of carbonyl (C=O) groups excluding carboxylic acids is 1. The summed E-state index contributed by atoms with van der Waals surface area (Å²) >= 11 is 0. The molecule has 0 aliphatic heterocycles. The first-order valence-corrected chi connectivity index (χ1v) is 10.4. The van der Waals surface area contributed by atoms with Gasteiger partial charge in [0.15, 0.2) is 0 Å². The van der Waals surface area contributed by atoms with E-state index in [1.165, 1.54) is 37.5 Å². The maximum atomic E-state index is 13.3. The van der Waals surface area contributed by atoms with Gasteiger partial charge >= 0.3 is 0 Å². The number of hydrogen-bond donors (Lipinski definition) is 0. The molecule has 30 heavy (non-hydrogen) atoms. The van der Waals surface area contributed by atoms with E-state index in [1.54, 1.807) is 60.7 Å². The third-order valence-corrected chi connectivity index (χ3v) is 5.97. The molecule has 0 N–H and O–H groups in total. The third kappa shape index (κ3) is 4.24. The minimum absolute atomic E-state index is 0.0585. The summed E-state index contributed by atoms with van der Waals surface area (Å²) in [6, 6.07) is 24.2. The zero-order valence-electron chi connectivity index (χ0n) is 16.1. The van der Waals surface area contributed by atoms with Gasteiger partial charge in [-0.15, -0.1) is 0 Å². The highest BCUT2D eigenvalue weighted by Gasteiger charge is 2.33. The van der Waals surface area contributed by atoms with Crippen molar-refractivity contribution in [3.63, 3.8) is 0 Å². The number of rotatable bonds is 6. The van der Waals surface area contributed by atoms with E-state index in [4.69, 9.17) is 4.74 Å². The number of nitrogens with zero attached hydrogens (tertiary/aromatic N) is 2. The van der Waals surface area contributed by atoms with E-state index in [0.29, 0.717) is 15.6 Å². The molecule has 0 radical (unpaired) electrons. The van der Waals surface area contributed by atoms with E-state index in [1.807, 2.05) is 6.07 Å². The molecule has 0 atom stereocenters. The Morgan fingerprint density at radius 3 is 2.10 bits per heavy atom. The van der Waals surface area contributed by atoms with Crippen molar-refractivity contribution < 1.29 is 17.9 Å². The van der Waals surface area contributed by atoms with Crippen molar-refractivity contribution in [3.05, 3.63) is 96.1 Å². The first-order chi connectivity index (χ1) is 14.5. The van der Waals surface area contributed by atoms with Gasteiger partial charge in [-0.25, -0.2) is 8.42 Å². The van der Waals surface area contributed by atoms with Crippen molar-refractivity contribution in [2.24, 2.45) is 0 Å². The Hall–Kier alpha value is -3.89. The molecule has 0 unspecified atom stereocenters. The number of amides is 1. The van der Waals surface area contributed by atoms with E-state index in [0.717, 1.165) is 0 Å². The maximum Gasteiger partial charge on any atom is 0.282 e. The summed E-state index contributed by atoms with van der Waals surface area (Å²) in [5.74, 6) is -0.506. The van der Waals surface area contributed by atoms with Crippen molar-refractivity contribution in [3.8, 4) is 11.8 Å². The Kier molecular flexibility index (Phi) is 6.30. The number of ether oxygens (including phenoxy) is 1. The van der Waals surface area contributed by atoms with Gasteiger partial charge in [0, 0.05) is 5.56 Å². The predicted molar refractivity (Wildman–Crippen MR) is 114 cm³/mol. The van der Waals surface area contributed by atoms with Crippen molar-refractivity contribution in [1.82, 2.24) is 0 Å². The fourth-order valence-corrected chi connectivity index (χ4v) is 4.25. The highest BCUT2D eigenvalue weighted by molar-refractivity contribution is 7.93. The summed E-state index contributed by atoms with van der Waals surface area (Å²) in [5.41, 5.74) is 0.269. The normalized spacial score (nSPS) is 11.4. The minimum Gasteiger partial charge on any atom is -0.496 e. The summed E-state index contributed by atoms with van der Waals surface area (Å²) in [6.07, 6.45) is 1.32. The molecule has 3 rings (SSSR count). The SMILES string of the molecule is COc1ccccc1/C=C(\C#N)C(=O)N(c1ccccc1)S(=O)(=O)c1ccccc1. The zero-order valence-corrected chi connectivity index (χ0v) is 16.9. The van der Waals surface area contributed by atoms with E-state index < -0.39 is 15.9 Å². The molecule has 0 heterocycles. The minimum atomic E-state index is -4.26. The Labute approximate surface area is 175 Å². The fraction of sp³-hybridized carbons (Fsp3) is 0.0435. The molecule has 0 aliphatic carbocycles. The average Bonchev–Trinajstić information content (AvgIpc) is 2.79. The van der Waals surface area contributed by atoms with Crippen LogP contribution in [0.2, 0.25) is 0 Å². The van der Waals surface area contributed by atoms with Gasteiger partial charge in [-0.05, 0) is 36.4 Å². The van der Waals surface area contributed by atoms with Crippen molar-refractivity contribution in [2.45, 2.75) is 4.90 Å². The number of sulfonamides is 1. The molecule has 7 heteroatoms. The van der Waals surface area contributed by atoms with Crippen LogP contribution in [0.1, 0.15) is 5.56 Å². The smallest absolute Gasteiger partial charge is 0.282 e. The van der Waals surface area contributed by atoms with Crippen LogP contribution in [-0.2, 0) is 14.8 Å². The number of hydrogen-bond acceptors (Lipinski definition) is 5. The van der Waals surface area contributed by atoms with Gasteiger partial charge in [-0.2, -0.15) is 9.57 Å². The van der Waals surface area contributed by atoms with Gasteiger partial charge in [0.25, 0.3) is 15.9 Å². The summed E-state index contributed by atoms with van der Waals surface area (Å²) < 4.78 is 32.5. The lowest BCUT2D eigenvalue weighted by Crippen LogP contribution is -2.37. The maximum absolute atomic E-state index is 13.3. The van der Waals surface area contributed by atoms with Crippen LogP contribution in [0.3, 0.4) is 0 Å². The van der Waals surface area contributed by atoms with Gasteiger partial charge in [-0.1, -0.05) is 54.6 Å². The van der Waals surface area contributed by atoms with E-state index in [-0.39, 0.29) is 16.2 Å². The average molecular weight is 418 g/mol. The first kappa shape index (κ1) is 20.8. The second-order valence-corrected chi connectivity index (χ2v) is 7.92. The monoisotopic (exact) mass is 418 g/mol. The van der Waals surface area contributed by atoms with Gasteiger partial charge in [0.1, 0.15) is 17.4 Å². The van der Waals surface area contributed by atoms with Crippen LogP contribution in [0.25, 0.3) is 6.08 Å². The summed E-state index contributed by atoms with van der Waals surface area (Å²) in [6.45, 7) is 0. The van der Waals surface area contributed by atoms with Crippen LogP contribution in [0.4, 0.5) is 5.69 Å². The number of benzene rings is 3. The first-order valence-electron chi connectivity index (χ1n) is 8.93. The second kappa shape index (κ2) is 9.07. The molecule has 150 valence electrons. The Morgan fingerprint density at radius 1 is 0.933 bits per heavy atom. The molecule has 0 fully saturated rings. The van der Waals surface area contributed by atoms with Gasteiger partial charge in [0.05, 0.1) is 17.7 Å². The van der Waals surface area contributed by atoms with E-state index >= 15 is 0 Å². The van der Waals surface area contributed by atoms with E-state index in [9.17, 15) is 18.5 Å². The van der Waals surface area contributed by atoms with Crippen molar-refractivity contribution in [1.29, 1.82) is 5.26 Å². The third-order valence-electron chi connectivity index (χ3n) is 4.25. The van der Waals surface area contributed by atoms with Crippen LogP contribution in [-0.4, -0.2) is 21.4 Å². The van der Waals surface area contributed by atoms with Crippen LogP contribution < -0.4 is 9.04 Å². The highest BCUT2D eigenvalue weighted by Crippen LogP contribution is 2.27. The summed E-state index contributed by atoms with van der Waals surface area (Å²) in [4.78, 5) is 13.3. The molecule has 0 aliphatic rings. The summed E-state index contributed by atoms with van der Waals surface area (Å²) in [7, 11) is -2.79. The van der Waals surface area contributed by atoms with Crippen LogP contribution >= 0.6 is 0 Å². The van der Waals surface area contributed by atoms with Crippen LogP contribution in [0.5, 0.6) is 5.75 Å². The van der Waals surface area contributed by atoms with Crippen LogP contribution in [0, 0.1) is 11.3 Å². The Bertz CT molecular complexity index is 1210. The number of methoxy groups -OCH3 is 1. The standard InChI is InChI=1S/C23H18N2O4S/c1-29-22-15-9-8-10-18(22)16-19(17-24)23(26)25(20-11-4-2-5-12-20)30(27,28)21-13-6-3-7-14-21/h2-16H,1H3/b19-16+. The van der Waals surface area contributed by atoms with Gasteiger partial charge in [-0.3, -0.25) is 4.79 Å². The molecule has 0 saturated carbocycles. The quantitative estimate of drug-likeness (QED) is 0.446. The topological polar surface area (TPSA) is 87.5 Å². The molecule has 6 nitrogen and oxygen atoms in total. The molecule has 0 saturated heterocycles. The van der Waals surface area contributed by atoms with Crippen molar-refractivity contribution in [2.75, 3.05) is 11.4 Å². The lowest BCUT2D eigenvalue weighted by Gasteiger charge is -2.22. The number of carbonyl (C=O) groups is 1. The number of nitriles is 1. The largest absolute Gasteiger partial charge is 0.496 e.